The lowest BCUT2D eigenvalue weighted by molar-refractivity contribution is -0.112. The lowest BCUT2D eigenvalue weighted by Gasteiger charge is -2.30. The summed E-state index contributed by atoms with van der Waals surface area (Å²) in [4.78, 5) is 24.4. The number of nitrogens with two attached hydrogens (primary N) is 1. The zero-order valence-corrected chi connectivity index (χ0v) is 22.3. The van der Waals surface area contributed by atoms with Gasteiger partial charge in [0.2, 0.25) is 0 Å². The number of benzene rings is 1. The van der Waals surface area contributed by atoms with Gasteiger partial charge in [-0.3, -0.25) is 4.79 Å². The first-order valence-electron chi connectivity index (χ1n) is 12.5. The van der Waals surface area contributed by atoms with E-state index in [1.807, 2.05) is 50.3 Å². The summed E-state index contributed by atoms with van der Waals surface area (Å²) < 4.78 is 16.8. The number of hydrogen-bond donors (Lipinski definition) is 3. The zero-order valence-electron chi connectivity index (χ0n) is 22.3. The molecule has 0 spiro atoms. The Hall–Kier alpha value is -2.68. The molecular weight excluding hydrogens is 460 g/mol. The highest BCUT2D eigenvalue weighted by atomic mass is 16.6. The number of allylic oxidation sites excluding steroid dienone is 1. The van der Waals surface area contributed by atoms with Crippen LogP contribution in [-0.2, 0) is 25.4 Å². The van der Waals surface area contributed by atoms with Crippen LogP contribution in [0.15, 0.2) is 47.6 Å². The number of anilines is 1. The molecule has 1 aliphatic heterocycles. The van der Waals surface area contributed by atoms with Gasteiger partial charge in [-0.15, -0.1) is 0 Å². The van der Waals surface area contributed by atoms with Crippen LogP contribution < -0.4 is 11.1 Å². The molecule has 2 bridgehead atoms. The molecule has 36 heavy (non-hydrogen) atoms. The van der Waals surface area contributed by atoms with Crippen LogP contribution in [-0.4, -0.2) is 55.7 Å². The topological polar surface area (TPSA) is 120 Å². The molecule has 0 unspecified atom stereocenters. The molecule has 2 amide bonds. The van der Waals surface area contributed by atoms with Crippen molar-refractivity contribution in [2.75, 3.05) is 19.5 Å². The third-order valence-corrected chi connectivity index (χ3v) is 6.74. The molecule has 8 nitrogen and oxygen atoms in total. The minimum absolute atomic E-state index is 0.176. The number of methoxy groups -OCH3 is 2. The number of hydrogen-bond acceptors (Lipinski definition) is 6. The molecule has 8 heteroatoms. The summed E-state index contributed by atoms with van der Waals surface area (Å²) in [5, 5.41) is 14.1. The van der Waals surface area contributed by atoms with E-state index in [1.165, 1.54) is 0 Å². The number of fused-ring (bicyclic) bond motifs is 2. The molecule has 1 heterocycles. The van der Waals surface area contributed by atoms with Crippen LogP contribution in [0.25, 0.3) is 0 Å². The predicted octanol–water partition coefficient (Wildman–Crippen LogP) is 4.37. The normalized spacial score (nSPS) is 31.9. The van der Waals surface area contributed by atoms with Gasteiger partial charge in [0.05, 0.1) is 18.3 Å². The van der Waals surface area contributed by atoms with Crippen molar-refractivity contribution in [1.82, 2.24) is 0 Å². The van der Waals surface area contributed by atoms with Gasteiger partial charge in [0.15, 0.2) is 6.10 Å². The largest absolute Gasteiger partial charge is 0.439 e. The van der Waals surface area contributed by atoms with Crippen molar-refractivity contribution in [2.45, 2.75) is 77.8 Å². The average Bonchev–Trinajstić information content (AvgIpc) is 2.82. The first-order valence-corrected chi connectivity index (χ1v) is 12.5. The van der Waals surface area contributed by atoms with Gasteiger partial charge < -0.3 is 30.4 Å². The molecular formula is C28H42N2O6. The zero-order chi connectivity index (χ0) is 26.8. The van der Waals surface area contributed by atoms with E-state index in [2.05, 4.69) is 12.2 Å². The van der Waals surface area contributed by atoms with E-state index in [0.717, 1.165) is 23.2 Å². The Balaban J connectivity index is 2.43. The Morgan fingerprint density at radius 3 is 2.47 bits per heavy atom. The van der Waals surface area contributed by atoms with Crippen LogP contribution in [0.5, 0.6) is 0 Å². The Labute approximate surface area is 214 Å². The van der Waals surface area contributed by atoms with Crippen molar-refractivity contribution in [3.63, 3.8) is 0 Å². The lowest BCUT2D eigenvalue weighted by atomic mass is 9.88. The Morgan fingerprint density at radius 1 is 1.14 bits per heavy atom. The van der Waals surface area contributed by atoms with Gasteiger partial charge in [0, 0.05) is 31.4 Å². The predicted molar refractivity (Wildman–Crippen MR) is 141 cm³/mol. The molecule has 1 aromatic carbocycles. The number of aliphatic hydroxyl groups is 1. The van der Waals surface area contributed by atoms with Crippen molar-refractivity contribution in [1.29, 1.82) is 0 Å². The van der Waals surface area contributed by atoms with Crippen molar-refractivity contribution >= 4 is 17.7 Å². The molecule has 1 aliphatic rings. The van der Waals surface area contributed by atoms with Crippen molar-refractivity contribution < 1.29 is 28.9 Å². The molecule has 0 radical (unpaired) electrons. The van der Waals surface area contributed by atoms with Crippen LogP contribution in [0.4, 0.5) is 10.5 Å². The van der Waals surface area contributed by atoms with Crippen LogP contribution in [0.1, 0.15) is 52.5 Å². The van der Waals surface area contributed by atoms with Crippen LogP contribution in [0, 0.1) is 11.8 Å². The van der Waals surface area contributed by atoms with Crippen molar-refractivity contribution in [3.05, 3.63) is 53.1 Å². The number of primary amides is 1. The van der Waals surface area contributed by atoms with Crippen LogP contribution in [0.2, 0.25) is 0 Å². The number of ether oxygens (including phenoxy) is 3. The second-order valence-electron chi connectivity index (χ2n) is 9.83. The maximum absolute atomic E-state index is 12.7. The lowest BCUT2D eigenvalue weighted by Crippen LogP contribution is -2.37. The molecule has 200 valence electrons. The minimum Gasteiger partial charge on any atom is -0.439 e. The number of rotatable bonds is 3. The molecule has 0 saturated carbocycles. The second-order valence-corrected chi connectivity index (χ2v) is 9.83. The standard InChI is InChI=1S/C28H42N2O6/c1-17-13-21-10-8-11-22(16-21)30-27(32)18(2)9-7-12-23(34-5)26(36-28(29)33)20(4)15-19(3)25(31)24(14-17)35-6/h8-11,15-17,19,23-26,31H,7,12-14H2,1-6H3,(H2,29,33)(H,30,32)/b18-9-,20-15+/t17-,19+,23+,24+,25-,26+/m1/s1. The van der Waals surface area contributed by atoms with Crippen molar-refractivity contribution in [3.8, 4) is 0 Å². The maximum atomic E-state index is 12.7. The van der Waals surface area contributed by atoms with E-state index in [1.54, 1.807) is 21.1 Å². The van der Waals surface area contributed by atoms with Gasteiger partial charge in [0.1, 0.15) is 0 Å². The fraction of sp³-hybridized carbons (Fsp3) is 0.571. The van der Waals surface area contributed by atoms with Gasteiger partial charge in [-0.1, -0.05) is 38.1 Å². The fourth-order valence-electron chi connectivity index (χ4n) is 4.75. The minimum atomic E-state index is -0.905. The molecule has 6 atom stereocenters. The number of carbonyl (C=O) groups excluding carboxylic acids is 2. The van der Waals surface area contributed by atoms with E-state index in [4.69, 9.17) is 19.9 Å². The average molecular weight is 503 g/mol. The molecule has 0 aliphatic carbocycles. The van der Waals surface area contributed by atoms with Gasteiger partial charge in [-0.25, -0.2) is 4.79 Å². The fourth-order valence-corrected chi connectivity index (χ4v) is 4.75. The Morgan fingerprint density at radius 2 is 1.83 bits per heavy atom. The molecule has 0 fully saturated rings. The van der Waals surface area contributed by atoms with E-state index in [0.29, 0.717) is 24.8 Å². The first-order chi connectivity index (χ1) is 17.0. The van der Waals surface area contributed by atoms with E-state index in [9.17, 15) is 14.7 Å². The van der Waals surface area contributed by atoms with E-state index < -0.39 is 24.4 Å². The van der Waals surface area contributed by atoms with E-state index >= 15 is 0 Å². The van der Waals surface area contributed by atoms with Crippen LogP contribution in [0.3, 0.4) is 0 Å². The Bertz CT molecular complexity index is 944. The summed E-state index contributed by atoms with van der Waals surface area (Å²) in [5.41, 5.74) is 8.50. The SMILES string of the molecule is CO[C@H]1C[C@H](C)Cc2cccc(c2)NC(=O)/C(C)=C\CC[C@H](OC)[C@@H](OC(N)=O)/C(C)=C/[C@H](C)[C@H]1O. The molecule has 2 rings (SSSR count). The number of nitrogens with one attached hydrogen (secondary N) is 1. The third kappa shape index (κ3) is 8.76. The van der Waals surface area contributed by atoms with Gasteiger partial charge in [-0.2, -0.15) is 0 Å². The smallest absolute Gasteiger partial charge is 0.405 e. The quantitative estimate of drug-likeness (QED) is 0.528. The summed E-state index contributed by atoms with van der Waals surface area (Å²) in [6, 6.07) is 7.82. The monoisotopic (exact) mass is 502 g/mol. The molecule has 1 aromatic rings. The van der Waals surface area contributed by atoms with Crippen LogP contribution >= 0.6 is 0 Å². The summed E-state index contributed by atoms with van der Waals surface area (Å²) in [7, 11) is 3.15. The number of carbonyl (C=O) groups is 2. The molecule has 0 aromatic heterocycles. The van der Waals surface area contributed by atoms with Crippen molar-refractivity contribution in [2.24, 2.45) is 17.6 Å². The Kier molecular flexibility index (Phi) is 11.6. The molecule has 0 saturated heterocycles. The van der Waals surface area contributed by atoms with Gasteiger partial charge in [-0.05, 0) is 68.7 Å². The third-order valence-electron chi connectivity index (χ3n) is 6.74. The molecule has 4 N–H and O–H groups in total. The van der Waals surface area contributed by atoms with Gasteiger partial charge in [0.25, 0.3) is 5.91 Å². The summed E-state index contributed by atoms with van der Waals surface area (Å²) in [6.07, 6.45) is 2.91. The summed E-state index contributed by atoms with van der Waals surface area (Å²) in [5.74, 6) is -0.224. The highest BCUT2D eigenvalue weighted by Crippen LogP contribution is 2.26. The maximum Gasteiger partial charge on any atom is 0.405 e. The first kappa shape index (κ1) is 29.5. The van der Waals surface area contributed by atoms with E-state index in [-0.39, 0.29) is 23.8 Å². The number of amides is 2. The highest BCUT2D eigenvalue weighted by Gasteiger charge is 2.29. The summed E-state index contributed by atoms with van der Waals surface area (Å²) >= 11 is 0. The van der Waals surface area contributed by atoms with Gasteiger partial charge >= 0.3 is 6.09 Å². The highest BCUT2D eigenvalue weighted by molar-refractivity contribution is 6.03. The number of aliphatic hydroxyl groups excluding tert-OH is 1. The second kappa shape index (κ2) is 14.2. The summed E-state index contributed by atoms with van der Waals surface area (Å²) in [6.45, 7) is 7.62.